The molecule has 4 nitrogen and oxygen atoms in total. The Morgan fingerprint density at radius 2 is 1.92 bits per heavy atom. The Morgan fingerprint density at radius 3 is 2.73 bits per heavy atom. The maximum Gasteiger partial charge on any atom is 0.129 e. The number of anilines is 1. The number of para-hydroxylation sites is 1. The van der Waals surface area contributed by atoms with E-state index in [9.17, 15) is 0 Å². The van der Waals surface area contributed by atoms with Crippen molar-refractivity contribution in [3.8, 4) is 0 Å². The van der Waals surface area contributed by atoms with E-state index in [1.165, 1.54) is 5.39 Å². The molecule has 1 saturated heterocycles. The van der Waals surface area contributed by atoms with Crippen LogP contribution in [0.5, 0.6) is 0 Å². The van der Waals surface area contributed by atoms with Crippen molar-refractivity contribution in [2.24, 2.45) is 5.92 Å². The molecule has 1 fully saturated rings. The van der Waals surface area contributed by atoms with E-state index in [-0.39, 0.29) is 0 Å². The molecule has 4 rings (SSSR count). The molecule has 0 atom stereocenters. The Bertz CT molecular complexity index is 942. The summed E-state index contributed by atoms with van der Waals surface area (Å²) < 4.78 is 0. The van der Waals surface area contributed by atoms with E-state index >= 15 is 0 Å². The largest absolute Gasteiger partial charge is 0.355 e. The van der Waals surface area contributed by atoms with Gasteiger partial charge >= 0.3 is 0 Å². The van der Waals surface area contributed by atoms with Crippen molar-refractivity contribution in [1.29, 1.82) is 5.41 Å². The van der Waals surface area contributed by atoms with E-state index < -0.39 is 0 Å². The quantitative estimate of drug-likeness (QED) is 0.686. The minimum atomic E-state index is 0.368. The first kappa shape index (κ1) is 16.7. The summed E-state index contributed by atoms with van der Waals surface area (Å²) in [6.45, 7) is 6.12. The smallest absolute Gasteiger partial charge is 0.129 e. The number of hydrogen-bond donors (Lipinski definition) is 1. The molecule has 0 spiro atoms. The average Bonchev–Trinajstić information content (AvgIpc) is 2.60. The van der Waals surface area contributed by atoms with E-state index in [0.29, 0.717) is 17.5 Å². The fourth-order valence-electron chi connectivity index (χ4n) is 3.59. The summed E-state index contributed by atoms with van der Waals surface area (Å²) in [6.07, 6.45) is 2.64. The number of rotatable bonds is 5. The van der Waals surface area contributed by atoms with Crippen LogP contribution in [0.3, 0.4) is 0 Å². The summed E-state index contributed by atoms with van der Waals surface area (Å²) in [5.74, 6) is 1.87. The summed E-state index contributed by atoms with van der Waals surface area (Å²) in [5, 5.41) is 9.60. The van der Waals surface area contributed by atoms with Crippen molar-refractivity contribution in [2.45, 2.75) is 26.2 Å². The number of nitrogens with one attached hydrogen (secondary N) is 1. The third kappa shape index (κ3) is 3.19. The first-order chi connectivity index (χ1) is 12.6. The van der Waals surface area contributed by atoms with Crippen LogP contribution < -0.4 is 4.90 Å². The fraction of sp³-hybridized carbons (Fsp3) is 0.318. The predicted octanol–water partition coefficient (Wildman–Crippen LogP) is 4.65. The van der Waals surface area contributed by atoms with Crippen molar-refractivity contribution in [1.82, 2.24) is 9.97 Å². The number of benzene rings is 1. The summed E-state index contributed by atoms with van der Waals surface area (Å²) in [4.78, 5) is 11.7. The van der Waals surface area contributed by atoms with Gasteiger partial charge in [0.2, 0.25) is 0 Å². The number of hydrogen-bond acceptors (Lipinski definition) is 4. The van der Waals surface area contributed by atoms with E-state index in [1.54, 1.807) is 0 Å². The molecule has 4 heteroatoms. The summed E-state index contributed by atoms with van der Waals surface area (Å²) in [5.41, 5.74) is 3.81. The van der Waals surface area contributed by atoms with Crippen LogP contribution in [0, 0.1) is 11.3 Å². The molecule has 1 aromatic carbocycles. The minimum Gasteiger partial charge on any atom is -0.355 e. The van der Waals surface area contributed by atoms with Crippen LogP contribution in [-0.2, 0) is 0 Å². The molecule has 2 aromatic heterocycles. The van der Waals surface area contributed by atoms with Crippen molar-refractivity contribution in [3.63, 3.8) is 0 Å². The van der Waals surface area contributed by atoms with Gasteiger partial charge in [-0.15, -0.1) is 0 Å². The Morgan fingerprint density at radius 1 is 1.12 bits per heavy atom. The van der Waals surface area contributed by atoms with Gasteiger partial charge in [0.1, 0.15) is 5.82 Å². The average molecular weight is 344 g/mol. The topological polar surface area (TPSA) is 52.9 Å². The maximum absolute atomic E-state index is 8.43. The maximum atomic E-state index is 8.43. The highest BCUT2D eigenvalue weighted by molar-refractivity contribution is 5.99. The Hall–Kier alpha value is -2.75. The molecule has 26 heavy (non-hydrogen) atoms. The van der Waals surface area contributed by atoms with Crippen molar-refractivity contribution < 1.29 is 0 Å². The lowest BCUT2D eigenvalue weighted by atomic mass is 9.89. The molecule has 0 unspecified atom stereocenters. The van der Waals surface area contributed by atoms with Crippen LogP contribution in [0.2, 0.25) is 0 Å². The Labute approximate surface area is 154 Å². The van der Waals surface area contributed by atoms with Gasteiger partial charge in [0.05, 0.1) is 11.2 Å². The number of aromatic nitrogens is 2. The molecule has 0 saturated carbocycles. The zero-order valence-electron chi connectivity index (χ0n) is 15.3. The van der Waals surface area contributed by atoms with Gasteiger partial charge in [-0.3, -0.25) is 4.98 Å². The van der Waals surface area contributed by atoms with Crippen LogP contribution >= 0.6 is 0 Å². The van der Waals surface area contributed by atoms with Crippen molar-refractivity contribution >= 4 is 22.4 Å². The van der Waals surface area contributed by atoms with Gasteiger partial charge in [-0.1, -0.05) is 32.0 Å². The van der Waals surface area contributed by atoms with Crippen LogP contribution in [0.1, 0.15) is 37.4 Å². The van der Waals surface area contributed by atoms with E-state index in [1.807, 2.05) is 30.5 Å². The van der Waals surface area contributed by atoms with Gasteiger partial charge < -0.3 is 10.3 Å². The second-order valence-corrected chi connectivity index (χ2v) is 7.48. The molecule has 1 aliphatic rings. The van der Waals surface area contributed by atoms with Crippen molar-refractivity contribution in [3.05, 3.63) is 66.0 Å². The third-order valence-corrected chi connectivity index (χ3v) is 4.95. The highest BCUT2D eigenvalue weighted by Crippen LogP contribution is 2.32. The first-order valence-electron chi connectivity index (χ1n) is 9.25. The molecule has 0 bridgehead atoms. The van der Waals surface area contributed by atoms with Crippen LogP contribution in [0.25, 0.3) is 10.9 Å². The van der Waals surface area contributed by atoms with Gasteiger partial charge in [0.15, 0.2) is 0 Å². The highest BCUT2D eigenvalue weighted by Gasteiger charge is 2.32. The minimum absolute atomic E-state index is 0.368. The lowest BCUT2D eigenvalue weighted by Gasteiger charge is -2.40. The molecule has 1 N–H and O–H groups in total. The zero-order valence-corrected chi connectivity index (χ0v) is 15.3. The van der Waals surface area contributed by atoms with Crippen LogP contribution in [0.15, 0.2) is 54.7 Å². The van der Waals surface area contributed by atoms with E-state index in [4.69, 9.17) is 10.4 Å². The van der Waals surface area contributed by atoms with Gasteiger partial charge in [-0.2, -0.15) is 0 Å². The lowest BCUT2D eigenvalue weighted by Crippen LogP contribution is -2.46. The second kappa shape index (κ2) is 6.87. The number of pyridine rings is 2. The van der Waals surface area contributed by atoms with E-state index in [0.717, 1.165) is 42.1 Å². The first-order valence-corrected chi connectivity index (χ1v) is 9.25. The van der Waals surface area contributed by atoms with Crippen molar-refractivity contribution in [2.75, 3.05) is 18.0 Å². The van der Waals surface area contributed by atoms with Gasteiger partial charge in [0.25, 0.3) is 0 Å². The standard InChI is InChI=1S/C22H24N4/c1-15(2)12-19(23)18-7-5-11-24-22(18)17-13-26(14-17)21-10-9-16-6-3-4-8-20(16)25-21/h3-11,15,17,23H,12-14H2,1-2H3. The molecule has 132 valence electrons. The normalized spacial score (nSPS) is 14.7. The summed E-state index contributed by atoms with van der Waals surface area (Å²) >= 11 is 0. The SMILES string of the molecule is CC(C)CC(=N)c1cccnc1C1CN(c2ccc3ccccc3n2)C1. The van der Waals surface area contributed by atoms with Crippen LogP contribution in [0.4, 0.5) is 5.82 Å². The fourth-order valence-corrected chi connectivity index (χ4v) is 3.59. The van der Waals surface area contributed by atoms with Crippen LogP contribution in [-0.4, -0.2) is 28.8 Å². The monoisotopic (exact) mass is 344 g/mol. The zero-order chi connectivity index (χ0) is 18.1. The van der Waals surface area contributed by atoms with Gasteiger partial charge in [0, 0.05) is 41.9 Å². The summed E-state index contributed by atoms with van der Waals surface area (Å²) in [6, 6.07) is 16.4. The molecule has 1 aliphatic heterocycles. The molecular weight excluding hydrogens is 320 g/mol. The molecule has 0 aliphatic carbocycles. The Kier molecular flexibility index (Phi) is 4.41. The molecule has 3 aromatic rings. The Balaban J connectivity index is 1.51. The second-order valence-electron chi connectivity index (χ2n) is 7.48. The molecule has 0 amide bonds. The number of fused-ring (bicyclic) bond motifs is 1. The highest BCUT2D eigenvalue weighted by atomic mass is 15.2. The van der Waals surface area contributed by atoms with Gasteiger partial charge in [-0.05, 0) is 42.7 Å². The lowest BCUT2D eigenvalue weighted by molar-refractivity contribution is 0.508. The number of nitrogens with zero attached hydrogens (tertiary/aromatic N) is 3. The van der Waals surface area contributed by atoms with Gasteiger partial charge in [-0.25, -0.2) is 4.98 Å². The van der Waals surface area contributed by atoms with E-state index in [2.05, 4.69) is 48.0 Å². The molecule has 0 radical (unpaired) electrons. The third-order valence-electron chi connectivity index (χ3n) is 4.95. The molecular formula is C22H24N4. The molecule has 3 heterocycles. The predicted molar refractivity (Wildman–Crippen MR) is 107 cm³/mol. The summed E-state index contributed by atoms with van der Waals surface area (Å²) in [7, 11) is 0.